The fraction of sp³-hybridized carbons (Fsp3) is 0.364. The van der Waals surface area contributed by atoms with E-state index in [-0.39, 0.29) is 23.9 Å². The van der Waals surface area contributed by atoms with Gasteiger partial charge in [-0.2, -0.15) is 0 Å². The second kappa shape index (κ2) is 7.15. The van der Waals surface area contributed by atoms with E-state index in [4.69, 9.17) is 11.6 Å². The van der Waals surface area contributed by atoms with Crippen molar-refractivity contribution in [3.05, 3.63) is 29.0 Å². The van der Waals surface area contributed by atoms with E-state index in [1.807, 2.05) is 0 Å². The molecule has 0 aromatic heterocycles. The first kappa shape index (κ1) is 14.7. The van der Waals surface area contributed by atoms with E-state index in [1.54, 1.807) is 0 Å². The number of halogens is 2. The molecular weight excluding hydrogens is 263 g/mol. The summed E-state index contributed by atoms with van der Waals surface area (Å²) in [5.41, 5.74) is -0.0266. The molecule has 1 aromatic rings. The third kappa shape index (κ3) is 4.48. The first-order valence-electron chi connectivity index (χ1n) is 5.20. The quantitative estimate of drug-likeness (QED) is 0.765. The highest BCUT2D eigenvalue weighted by molar-refractivity contribution is 6.31. The summed E-state index contributed by atoms with van der Waals surface area (Å²) >= 11 is 5.56. The maximum atomic E-state index is 13.4. The number of amides is 2. The molecule has 5 nitrogen and oxygen atoms in total. The van der Waals surface area contributed by atoms with Crippen LogP contribution in [0.15, 0.2) is 18.2 Å². The van der Waals surface area contributed by atoms with E-state index in [9.17, 15) is 14.3 Å². The van der Waals surface area contributed by atoms with Crippen LogP contribution in [0, 0.1) is 5.82 Å². The van der Waals surface area contributed by atoms with Crippen LogP contribution >= 0.6 is 11.6 Å². The molecule has 0 aliphatic rings. The minimum absolute atomic E-state index is 0.00184. The highest BCUT2D eigenvalue weighted by Gasteiger charge is 2.10. The Morgan fingerprint density at radius 3 is 3.00 bits per heavy atom. The maximum absolute atomic E-state index is 13.4. The topological polar surface area (TPSA) is 70.6 Å². The Hall–Kier alpha value is -1.37. The van der Waals surface area contributed by atoms with Crippen LogP contribution in [-0.4, -0.2) is 37.5 Å². The van der Waals surface area contributed by atoms with Crippen LogP contribution in [0.2, 0.25) is 5.02 Å². The minimum atomic E-state index is -0.815. The van der Waals surface area contributed by atoms with Gasteiger partial charge in [-0.05, 0) is 12.1 Å². The lowest BCUT2D eigenvalue weighted by atomic mass is 10.3. The second-order valence-corrected chi connectivity index (χ2v) is 3.95. The smallest absolute Gasteiger partial charge is 0.319 e. The Morgan fingerprint density at radius 2 is 2.33 bits per heavy atom. The number of hydrogen-bond acceptors (Lipinski definition) is 3. The Balaban J connectivity index is 2.47. The van der Waals surface area contributed by atoms with Crippen molar-refractivity contribution in [2.24, 2.45) is 0 Å². The van der Waals surface area contributed by atoms with E-state index < -0.39 is 18.0 Å². The zero-order chi connectivity index (χ0) is 13.5. The molecule has 0 saturated heterocycles. The van der Waals surface area contributed by atoms with E-state index in [0.29, 0.717) is 0 Å². The van der Waals surface area contributed by atoms with Crippen molar-refractivity contribution in [3.63, 3.8) is 0 Å². The van der Waals surface area contributed by atoms with Crippen molar-refractivity contribution < 1.29 is 19.0 Å². The van der Waals surface area contributed by atoms with Gasteiger partial charge in [-0.3, -0.25) is 0 Å². The molecule has 18 heavy (non-hydrogen) atoms. The molecule has 0 saturated carbocycles. The van der Waals surface area contributed by atoms with Gasteiger partial charge >= 0.3 is 6.03 Å². The Kier molecular flexibility index (Phi) is 5.84. The van der Waals surface area contributed by atoms with Gasteiger partial charge in [0.15, 0.2) is 5.82 Å². The predicted octanol–water partition coefficient (Wildman–Crippen LogP) is 1.61. The van der Waals surface area contributed by atoms with Gasteiger partial charge in [0.1, 0.15) is 0 Å². The van der Waals surface area contributed by atoms with Gasteiger partial charge in [-0.1, -0.05) is 17.7 Å². The van der Waals surface area contributed by atoms with E-state index in [1.165, 1.54) is 25.3 Å². The van der Waals surface area contributed by atoms with Gasteiger partial charge in [0.05, 0.1) is 23.4 Å². The van der Waals surface area contributed by atoms with Gasteiger partial charge in [0, 0.05) is 13.7 Å². The van der Waals surface area contributed by atoms with Crippen LogP contribution in [0.4, 0.5) is 14.9 Å². The van der Waals surface area contributed by atoms with Crippen molar-refractivity contribution in [3.8, 4) is 0 Å². The lowest BCUT2D eigenvalue weighted by Crippen LogP contribution is -2.37. The first-order chi connectivity index (χ1) is 8.54. The Bertz CT molecular complexity index is 417. The van der Waals surface area contributed by atoms with Gasteiger partial charge < -0.3 is 20.5 Å². The molecule has 0 heterocycles. The number of aliphatic hydroxyl groups excluding tert-OH is 1. The van der Waals surface area contributed by atoms with Gasteiger partial charge in [0.2, 0.25) is 0 Å². The fourth-order valence-corrected chi connectivity index (χ4v) is 1.40. The van der Waals surface area contributed by atoms with Crippen LogP contribution in [0.1, 0.15) is 0 Å². The van der Waals surface area contributed by atoms with Crippen molar-refractivity contribution >= 4 is 23.3 Å². The number of carbonyl (C=O) groups excluding carboxylic acids is 1. The molecule has 100 valence electrons. The third-order valence-corrected chi connectivity index (χ3v) is 2.35. The summed E-state index contributed by atoms with van der Waals surface area (Å²) in [6.45, 7) is 0.105. The normalized spacial score (nSPS) is 12.0. The summed E-state index contributed by atoms with van der Waals surface area (Å²) in [6, 6.07) is 3.64. The SMILES string of the molecule is COCC(O)CNC(=O)Nc1cccc(Cl)c1F. The Labute approximate surface area is 109 Å². The van der Waals surface area contributed by atoms with Crippen LogP contribution < -0.4 is 10.6 Å². The molecule has 0 aliphatic heterocycles. The Morgan fingerprint density at radius 1 is 1.61 bits per heavy atom. The van der Waals surface area contributed by atoms with E-state index in [2.05, 4.69) is 15.4 Å². The van der Waals surface area contributed by atoms with Gasteiger partial charge in [0.25, 0.3) is 0 Å². The number of rotatable bonds is 5. The lowest BCUT2D eigenvalue weighted by molar-refractivity contribution is 0.0663. The van der Waals surface area contributed by atoms with Crippen LogP contribution in [-0.2, 0) is 4.74 Å². The van der Waals surface area contributed by atoms with Crippen LogP contribution in [0.5, 0.6) is 0 Å². The number of methoxy groups -OCH3 is 1. The molecule has 0 fully saturated rings. The van der Waals surface area contributed by atoms with E-state index in [0.717, 1.165) is 0 Å². The number of benzene rings is 1. The molecule has 1 aromatic carbocycles. The van der Waals surface area contributed by atoms with E-state index >= 15 is 0 Å². The number of ether oxygens (including phenoxy) is 1. The third-order valence-electron chi connectivity index (χ3n) is 2.06. The van der Waals surface area contributed by atoms with Gasteiger partial charge in [-0.25, -0.2) is 9.18 Å². The lowest BCUT2D eigenvalue weighted by Gasteiger charge is -2.12. The molecular formula is C11H14ClFN2O3. The molecule has 7 heteroatoms. The molecule has 0 radical (unpaired) electrons. The fourth-order valence-electron chi connectivity index (χ4n) is 1.23. The molecule has 0 aliphatic carbocycles. The van der Waals surface area contributed by atoms with Crippen molar-refractivity contribution in [1.82, 2.24) is 5.32 Å². The minimum Gasteiger partial charge on any atom is -0.389 e. The number of anilines is 1. The summed E-state index contributed by atoms with van der Waals surface area (Å²) < 4.78 is 18.1. The maximum Gasteiger partial charge on any atom is 0.319 e. The highest BCUT2D eigenvalue weighted by Crippen LogP contribution is 2.21. The molecule has 2 amide bonds. The summed E-state index contributed by atoms with van der Waals surface area (Å²) in [5.74, 6) is -0.702. The van der Waals surface area contributed by atoms with Gasteiger partial charge in [-0.15, -0.1) is 0 Å². The molecule has 0 bridgehead atoms. The van der Waals surface area contributed by atoms with Crippen molar-refractivity contribution in [2.45, 2.75) is 6.10 Å². The summed E-state index contributed by atoms with van der Waals surface area (Å²) in [4.78, 5) is 11.4. The first-order valence-corrected chi connectivity index (χ1v) is 5.58. The molecule has 3 N–H and O–H groups in total. The number of nitrogens with one attached hydrogen (secondary N) is 2. The largest absolute Gasteiger partial charge is 0.389 e. The van der Waals surface area contributed by atoms with Crippen molar-refractivity contribution in [2.75, 3.05) is 25.6 Å². The molecule has 1 atom stereocenters. The number of hydrogen-bond donors (Lipinski definition) is 3. The average molecular weight is 277 g/mol. The monoisotopic (exact) mass is 276 g/mol. The summed E-state index contributed by atoms with van der Waals surface area (Å²) in [7, 11) is 1.44. The number of aliphatic hydroxyl groups is 1. The highest BCUT2D eigenvalue weighted by atomic mass is 35.5. The van der Waals surface area contributed by atoms with Crippen LogP contribution in [0.3, 0.4) is 0 Å². The average Bonchev–Trinajstić information content (AvgIpc) is 2.33. The molecule has 1 rings (SSSR count). The van der Waals surface area contributed by atoms with Crippen LogP contribution in [0.25, 0.3) is 0 Å². The predicted molar refractivity (Wildman–Crippen MR) is 66.3 cm³/mol. The molecule has 1 unspecified atom stereocenters. The summed E-state index contributed by atoms with van der Waals surface area (Å²) in [6.07, 6.45) is -0.815. The summed E-state index contributed by atoms with van der Waals surface area (Å²) in [5, 5.41) is 13.9. The molecule has 0 spiro atoms. The second-order valence-electron chi connectivity index (χ2n) is 3.55. The van der Waals surface area contributed by atoms with Crippen molar-refractivity contribution in [1.29, 1.82) is 0 Å². The number of carbonyl (C=O) groups is 1. The zero-order valence-electron chi connectivity index (χ0n) is 9.74. The zero-order valence-corrected chi connectivity index (χ0v) is 10.5. The standard InChI is InChI=1S/C11H14ClFN2O3/c1-18-6-7(16)5-14-11(17)15-9-4-2-3-8(12)10(9)13/h2-4,7,16H,5-6H2,1H3,(H2,14,15,17). The number of urea groups is 1.